The van der Waals surface area contributed by atoms with Gasteiger partial charge in [0.2, 0.25) is 0 Å². The van der Waals surface area contributed by atoms with E-state index in [1.807, 2.05) is 208 Å². The third kappa shape index (κ3) is 14.7. The van der Waals surface area contributed by atoms with Gasteiger partial charge in [0, 0.05) is 166 Å². The predicted octanol–water partition coefficient (Wildman–Crippen LogP) is 18.8. The van der Waals surface area contributed by atoms with E-state index in [0.29, 0.717) is 69.5 Å². The first-order valence-electron chi connectivity index (χ1n) is 37.4. The van der Waals surface area contributed by atoms with Crippen LogP contribution in [0.15, 0.2) is 360 Å². The van der Waals surface area contributed by atoms with Crippen LogP contribution in [0, 0.1) is 0 Å². The average Bonchev–Trinajstić information content (AvgIpc) is 1.65. The second kappa shape index (κ2) is 30.8. The van der Waals surface area contributed by atoms with Crippen LogP contribution in [0.4, 0.5) is 0 Å². The van der Waals surface area contributed by atoms with Crippen LogP contribution in [-0.2, 0) is 0 Å². The molecule has 17 aromatic heterocycles. The normalized spacial score (nSPS) is 11.2. The van der Waals surface area contributed by atoms with E-state index >= 15 is 0 Å². The number of hydrogen-bond acceptors (Lipinski definition) is 20. The highest BCUT2D eigenvalue weighted by molar-refractivity contribution is 5.89. The Bertz CT molecular complexity index is 6590. The van der Waals surface area contributed by atoms with Gasteiger partial charge in [-0.3, -0.25) is 39.9 Å². The average molecular weight is 1510 g/mol. The maximum atomic E-state index is 4.93. The lowest BCUT2D eigenvalue weighted by atomic mass is 10.0. The van der Waals surface area contributed by atoms with Gasteiger partial charge in [0.25, 0.3) is 0 Å². The van der Waals surface area contributed by atoms with Crippen LogP contribution in [0.5, 0.6) is 0 Å². The van der Waals surface area contributed by atoms with Crippen LogP contribution in [0.3, 0.4) is 0 Å². The topological polar surface area (TPSA) is 271 Å². The van der Waals surface area contributed by atoms with Gasteiger partial charge in [-0.15, -0.1) is 0 Å². The molecule has 17 heterocycles. The van der Waals surface area contributed by atoms with E-state index in [-0.39, 0.29) is 0 Å². The van der Waals surface area contributed by atoms with E-state index in [1.165, 1.54) is 0 Å². The van der Waals surface area contributed by atoms with Crippen LogP contribution in [0.2, 0.25) is 0 Å². The Labute approximate surface area is 666 Å². The van der Waals surface area contributed by atoms with E-state index in [9.17, 15) is 0 Å². The molecular formula is C94H59N23. The molecule has 0 N–H and O–H groups in total. The van der Waals surface area contributed by atoms with Crippen LogP contribution >= 0.6 is 0 Å². The Morgan fingerprint density at radius 2 is 0.436 bits per heavy atom. The minimum atomic E-state index is 0.459. The minimum Gasteiger partial charge on any atom is -0.265 e. The monoisotopic (exact) mass is 1510 g/mol. The molecule has 117 heavy (non-hydrogen) atoms. The highest BCUT2D eigenvalue weighted by atomic mass is 15.3. The summed E-state index contributed by atoms with van der Waals surface area (Å²) in [5, 5.41) is 21.2. The smallest absolute Gasteiger partial charge is 0.184 e. The Balaban J connectivity index is 0.000000115. The fourth-order valence-corrected chi connectivity index (χ4v) is 13.7. The number of aromatic nitrogens is 23. The first-order valence-corrected chi connectivity index (χ1v) is 37.4. The first-order chi connectivity index (χ1) is 57.9. The third-order valence-electron chi connectivity index (χ3n) is 19.7. The fourth-order valence-electron chi connectivity index (χ4n) is 13.7. The van der Waals surface area contributed by atoms with Gasteiger partial charge in [-0.1, -0.05) is 121 Å². The van der Waals surface area contributed by atoms with E-state index < -0.39 is 0 Å². The van der Waals surface area contributed by atoms with Gasteiger partial charge in [0.05, 0.1) is 27.9 Å². The summed E-state index contributed by atoms with van der Waals surface area (Å²) in [5.41, 5.74) is 17.7. The number of benzene rings is 5. The lowest BCUT2D eigenvalue weighted by Gasteiger charge is -2.09. The second-order valence-corrected chi connectivity index (χ2v) is 27.3. The molecule has 0 atom stereocenters. The first kappa shape index (κ1) is 69.4. The molecule has 0 saturated heterocycles. The summed E-state index contributed by atoms with van der Waals surface area (Å²) in [6, 6.07) is 84.6. The van der Waals surface area contributed by atoms with Crippen molar-refractivity contribution in [2.75, 3.05) is 0 Å². The van der Waals surface area contributed by atoms with Gasteiger partial charge in [0.15, 0.2) is 52.4 Å². The van der Waals surface area contributed by atoms with E-state index in [4.69, 9.17) is 55.2 Å². The quantitative estimate of drug-likeness (QED) is 0.104. The van der Waals surface area contributed by atoms with E-state index in [2.05, 4.69) is 124 Å². The molecule has 550 valence electrons. The van der Waals surface area contributed by atoms with E-state index in [0.717, 1.165) is 127 Å². The maximum Gasteiger partial charge on any atom is 0.184 e. The SMILES string of the molecule is c1ccc2cn3nc(-c4nc(-c5ccc(-c6ccncc6)cc5)nc(-c5ccc(-c6ccncc6)cc5)n4)cc3cc2c1.c1cncc(-c2ccc(-c3nc(-c4ccc(-c5cccnc5)nc4)nc(-c4cc5cc6ccccc6cn5n4)n3)cn2)c1.c1cncc(-c2nc(-c3cccnc3)nc(-c3cc4cc5ccccc5cn4n3)n2)c1. The van der Waals surface area contributed by atoms with Crippen LogP contribution in [0.1, 0.15) is 0 Å². The standard InChI is InChI=1S/C36H23N7.C34H21N9.C24H15N7/c1-2-4-31-23-43-32(21-30(31)3-1)22-33(42-43)36-40-34(28-9-5-24(6-10-28)26-13-17-37-18-14-26)39-35(41-36)29-11-7-25(8-12-29)27-15-19-38-20-16-27;1-2-6-27-21-43-28(15-22(27)5-1)16-31(42-43)34-40-32(25-9-11-29(37-19-25)23-7-3-13-35-17-23)39-33(41-34)26-10-12-30(38-20-26)24-8-4-14-36-18-24;1-2-6-19-15-31-20(11-16(19)5-1)12-21(30-31)24-28-22(17-7-3-9-25-13-17)27-23(29-24)18-8-4-10-26-14-18/h1-23H;1-21H;1-15H. The van der Waals surface area contributed by atoms with Gasteiger partial charge in [-0.05, 0) is 172 Å². The highest BCUT2D eigenvalue weighted by Gasteiger charge is 2.21. The second-order valence-electron chi connectivity index (χ2n) is 27.3. The molecule has 0 radical (unpaired) electrons. The third-order valence-corrected chi connectivity index (χ3v) is 19.7. The van der Waals surface area contributed by atoms with Gasteiger partial charge in [-0.25, -0.2) is 58.4 Å². The summed E-state index contributed by atoms with van der Waals surface area (Å²) >= 11 is 0. The molecule has 0 amide bonds. The van der Waals surface area contributed by atoms with E-state index in [1.54, 1.807) is 86.8 Å². The summed E-state index contributed by atoms with van der Waals surface area (Å²) in [6.45, 7) is 0. The molecule has 0 saturated carbocycles. The Hall–Kier alpha value is -16.8. The molecule has 5 aromatic carbocycles. The van der Waals surface area contributed by atoms with Crippen molar-refractivity contribution < 1.29 is 0 Å². The summed E-state index contributed by atoms with van der Waals surface area (Å²) in [7, 11) is 0. The zero-order valence-corrected chi connectivity index (χ0v) is 61.8. The van der Waals surface area contributed by atoms with Crippen molar-refractivity contribution in [3.8, 4) is 148 Å². The maximum absolute atomic E-state index is 4.93. The molecule has 0 unspecified atom stereocenters. The van der Waals surface area contributed by atoms with Gasteiger partial charge in [0.1, 0.15) is 17.1 Å². The number of hydrogen-bond donors (Lipinski definition) is 0. The predicted molar refractivity (Wildman–Crippen MR) is 451 cm³/mol. The highest BCUT2D eigenvalue weighted by Crippen LogP contribution is 2.34. The molecule has 23 nitrogen and oxygen atoms in total. The molecule has 0 fully saturated rings. The number of rotatable bonds is 13. The molecule has 22 rings (SSSR count). The zero-order chi connectivity index (χ0) is 77.8. The van der Waals surface area contributed by atoms with Crippen molar-refractivity contribution in [3.63, 3.8) is 0 Å². The summed E-state index contributed by atoms with van der Waals surface area (Å²) in [4.78, 5) is 77.8. The summed E-state index contributed by atoms with van der Waals surface area (Å²) in [6.07, 6.45) is 30.8. The Morgan fingerprint density at radius 3 is 0.735 bits per heavy atom. The summed E-state index contributed by atoms with van der Waals surface area (Å²) < 4.78 is 5.60. The molecule has 22 aromatic rings. The number of nitrogens with zero attached hydrogens (tertiary/aromatic N) is 23. The van der Waals surface area contributed by atoms with Crippen molar-refractivity contribution in [3.05, 3.63) is 360 Å². The van der Waals surface area contributed by atoms with Crippen LogP contribution in [-0.4, -0.2) is 114 Å². The number of pyridine rings is 11. The van der Waals surface area contributed by atoms with Gasteiger partial charge >= 0.3 is 0 Å². The van der Waals surface area contributed by atoms with Crippen molar-refractivity contribution in [2.45, 2.75) is 0 Å². The lowest BCUT2D eigenvalue weighted by Crippen LogP contribution is -2.01. The molecule has 0 bridgehead atoms. The molecular weight excluding hydrogens is 1450 g/mol. The van der Waals surface area contributed by atoms with Gasteiger partial charge < -0.3 is 0 Å². The summed E-state index contributed by atoms with van der Waals surface area (Å²) in [5.74, 6) is 4.71. The van der Waals surface area contributed by atoms with Crippen molar-refractivity contribution in [1.29, 1.82) is 0 Å². The van der Waals surface area contributed by atoms with Crippen LogP contribution in [0.25, 0.3) is 197 Å². The lowest BCUT2D eigenvalue weighted by molar-refractivity contribution is 0.957. The molecule has 0 aliphatic rings. The molecule has 0 spiro atoms. The van der Waals surface area contributed by atoms with Crippen LogP contribution < -0.4 is 0 Å². The zero-order valence-electron chi connectivity index (χ0n) is 61.8. The molecule has 23 heteroatoms. The van der Waals surface area contributed by atoms with Crippen molar-refractivity contribution >= 4 is 48.9 Å². The Kier molecular flexibility index (Phi) is 18.3. The van der Waals surface area contributed by atoms with Gasteiger partial charge in [-0.2, -0.15) is 15.3 Å². The minimum absolute atomic E-state index is 0.459. The fraction of sp³-hybridized carbons (Fsp3) is 0. The molecule has 0 aliphatic carbocycles. The largest absolute Gasteiger partial charge is 0.265 e. The Morgan fingerprint density at radius 1 is 0.171 bits per heavy atom. The van der Waals surface area contributed by atoms with Crippen molar-refractivity contribution in [2.24, 2.45) is 0 Å². The number of fused-ring (bicyclic) bond motifs is 6. The van der Waals surface area contributed by atoms with Crippen molar-refractivity contribution in [1.82, 2.24) is 114 Å². The molecule has 0 aliphatic heterocycles.